The first-order valence-electron chi connectivity index (χ1n) is 7.25. The predicted molar refractivity (Wildman–Crippen MR) is 89.8 cm³/mol. The molecule has 0 aromatic carbocycles. The molecule has 0 aliphatic rings. The lowest BCUT2D eigenvalue weighted by molar-refractivity contribution is -0.116. The summed E-state index contributed by atoms with van der Waals surface area (Å²) < 4.78 is 0. The van der Waals surface area contributed by atoms with Crippen LogP contribution in [0.25, 0.3) is 6.08 Å². The molecule has 6 heteroatoms. The average molecular weight is 332 g/mol. The minimum Gasteiger partial charge on any atom is -0.396 e. The second kappa shape index (κ2) is 9.02. The molecule has 0 radical (unpaired) electrons. The van der Waals surface area contributed by atoms with E-state index in [-0.39, 0.29) is 18.4 Å². The number of aliphatic hydroxyl groups is 1. The van der Waals surface area contributed by atoms with Gasteiger partial charge in [0.05, 0.1) is 0 Å². The number of carbonyl (C=O) groups excluding carboxylic acids is 1. The summed E-state index contributed by atoms with van der Waals surface area (Å²) >= 11 is 5.70. The van der Waals surface area contributed by atoms with Gasteiger partial charge in [0, 0.05) is 43.2 Å². The van der Waals surface area contributed by atoms with Crippen LogP contribution in [0.3, 0.4) is 0 Å². The second-order valence-electron chi connectivity index (χ2n) is 5.07. The number of rotatable bonds is 7. The maximum atomic E-state index is 11.8. The number of hydrogen-bond acceptors (Lipinski definition) is 4. The largest absolute Gasteiger partial charge is 0.396 e. The topological polar surface area (TPSA) is 75.1 Å². The van der Waals surface area contributed by atoms with Gasteiger partial charge in [-0.1, -0.05) is 23.7 Å². The van der Waals surface area contributed by atoms with E-state index in [1.54, 1.807) is 30.6 Å². The summed E-state index contributed by atoms with van der Waals surface area (Å²) in [5.74, 6) is -0.293. The van der Waals surface area contributed by atoms with E-state index in [4.69, 9.17) is 11.6 Å². The van der Waals surface area contributed by atoms with Crippen LogP contribution in [0.15, 0.2) is 48.8 Å². The van der Waals surface area contributed by atoms with E-state index in [2.05, 4.69) is 15.3 Å². The third-order valence-electron chi connectivity index (χ3n) is 3.22. The molecule has 2 rings (SSSR count). The van der Waals surface area contributed by atoms with Crippen LogP contribution in [0.1, 0.15) is 11.3 Å². The minimum absolute atomic E-state index is 0.0122. The van der Waals surface area contributed by atoms with Crippen molar-refractivity contribution in [3.05, 3.63) is 65.2 Å². The Morgan fingerprint density at radius 3 is 2.83 bits per heavy atom. The Kier molecular flexibility index (Phi) is 6.72. The molecule has 2 N–H and O–H groups in total. The van der Waals surface area contributed by atoms with Crippen molar-refractivity contribution in [1.82, 2.24) is 15.3 Å². The van der Waals surface area contributed by atoms with Crippen molar-refractivity contribution < 1.29 is 9.90 Å². The first-order valence-corrected chi connectivity index (χ1v) is 7.63. The number of halogens is 1. The zero-order valence-corrected chi connectivity index (χ0v) is 13.3. The fourth-order valence-electron chi connectivity index (χ4n) is 1.98. The summed E-state index contributed by atoms with van der Waals surface area (Å²) in [6.07, 6.45) is 7.00. The van der Waals surface area contributed by atoms with Crippen LogP contribution in [0.2, 0.25) is 5.15 Å². The fraction of sp³-hybridized carbons (Fsp3) is 0.235. The molecule has 0 aliphatic heterocycles. The maximum absolute atomic E-state index is 11.8. The molecule has 0 saturated carbocycles. The minimum atomic E-state index is -0.223. The van der Waals surface area contributed by atoms with E-state index in [9.17, 15) is 9.90 Å². The standard InChI is InChI=1S/C17H18ClN3O2/c18-16-6-4-13(10-20-16)5-7-17(23)21-11-14(12-22)9-15-3-1-2-8-19-15/h1-8,10,14,22H,9,11-12H2,(H,21,23)/b7-5+. The fourth-order valence-corrected chi connectivity index (χ4v) is 2.09. The van der Waals surface area contributed by atoms with Crippen molar-refractivity contribution in [2.24, 2.45) is 5.92 Å². The van der Waals surface area contributed by atoms with E-state index in [1.807, 2.05) is 18.2 Å². The zero-order chi connectivity index (χ0) is 16.5. The molecule has 1 atom stereocenters. The van der Waals surface area contributed by atoms with Crippen LogP contribution in [0.4, 0.5) is 0 Å². The van der Waals surface area contributed by atoms with Crippen molar-refractivity contribution in [2.45, 2.75) is 6.42 Å². The molecule has 2 aromatic heterocycles. The maximum Gasteiger partial charge on any atom is 0.244 e. The van der Waals surface area contributed by atoms with Crippen LogP contribution in [-0.4, -0.2) is 34.1 Å². The van der Waals surface area contributed by atoms with Gasteiger partial charge in [-0.2, -0.15) is 0 Å². The summed E-state index contributed by atoms with van der Waals surface area (Å²) in [5.41, 5.74) is 1.68. The molecule has 2 heterocycles. The number of carbonyl (C=O) groups is 1. The van der Waals surface area contributed by atoms with Gasteiger partial charge in [-0.05, 0) is 36.3 Å². The van der Waals surface area contributed by atoms with Crippen molar-refractivity contribution in [3.8, 4) is 0 Å². The van der Waals surface area contributed by atoms with Gasteiger partial charge >= 0.3 is 0 Å². The van der Waals surface area contributed by atoms with Crippen molar-refractivity contribution in [3.63, 3.8) is 0 Å². The molecule has 1 amide bonds. The third kappa shape index (κ3) is 6.18. The Labute approximate surface area is 140 Å². The van der Waals surface area contributed by atoms with Crippen LogP contribution in [-0.2, 0) is 11.2 Å². The highest BCUT2D eigenvalue weighted by Crippen LogP contribution is 2.07. The Bertz CT molecular complexity index is 645. The van der Waals surface area contributed by atoms with Gasteiger partial charge in [0.15, 0.2) is 0 Å². The number of hydrogen-bond donors (Lipinski definition) is 2. The molecule has 2 aromatic rings. The van der Waals surface area contributed by atoms with Gasteiger partial charge in [0.1, 0.15) is 5.15 Å². The normalized spacial score (nSPS) is 12.3. The molecule has 120 valence electrons. The van der Waals surface area contributed by atoms with Crippen molar-refractivity contribution >= 4 is 23.6 Å². The molecular formula is C17H18ClN3O2. The number of nitrogens with zero attached hydrogens (tertiary/aromatic N) is 2. The molecule has 0 saturated heterocycles. The Morgan fingerprint density at radius 2 is 2.17 bits per heavy atom. The number of aliphatic hydroxyl groups excluding tert-OH is 1. The molecular weight excluding hydrogens is 314 g/mol. The molecule has 23 heavy (non-hydrogen) atoms. The van der Waals surface area contributed by atoms with E-state index < -0.39 is 0 Å². The van der Waals surface area contributed by atoms with E-state index in [0.717, 1.165) is 11.3 Å². The Hall–Kier alpha value is -2.24. The monoisotopic (exact) mass is 331 g/mol. The average Bonchev–Trinajstić information content (AvgIpc) is 2.59. The second-order valence-corrected chi connectivity index (χ2v) is 5.45. The molecule has 0 aliphatic carbocycles. The van der Waals surface area contributed by atoms with E-state index in [0.29, 0.717) is 18.1 Å². The predicted octanol–water partition coefficient (Wildman–Crippen LogP) is 2.11. The smallest absolute Gasteiger partial charge is 0.244 e. The first kappa shape index (κ1) is 17.1. The number of amides is 1. The highest BCUT2D eigenvalue weighted by atomic mass is 35.5. The third-order valence-corrected chi connectivity index (χ3v) is 3.45. The Balaban J connectivity index is 1.81. The summed E-state index contributed by atoms with van der Waals surface area (Å²) in [4.78, 5) is 20.0. The molecule has 0 bridgehead atoms. The first-order chi connectivity index (χ1) is 11.2. The van der Waals surface area contributed by atoms with Crippen LogP contribution >= 0.6 is 11.6 Å². The summed E-state index contributed by atoms with van der Waals surface area (Å²) in [6, 6.07) is 9.08. The van der Waals surface area contributed by atoms with Gasteiger partial charge in [-0.25, -0.2) is 4.98 Å². The van der Waals surface area contributed by atoms with Gasteiger partial charge < -0.3 is 10.4 Å². The van der Waals surface area contributed by atoms with Crippen molar-refractivity contribution in [1.29, 1.82) is 0 Å². The lowest BCUT2D eigenvalue weighted by Crippen LogP contribution is -2.30. The van der Waals surface area contributed by atoms with Gasteiger partial charge in [0.25, 0.3) is 0 Å². The molecule has 0 spiro atoms. The lowest BCUT2D eigenvalue weighted by atomic mass is 10.0. The van der Waals surface area contributed by atoms with Crippen LogP contribution < -0.4 is 5.32 Å². The van der Waals surface area contributed by atoms with Crippen LogP contribution in [0.5, 0.6) is 0 Å². The summed E-state index contributed by atoms with van der Waals surface area (Å²) in [5, 5.41) is 12.6. The highest BCUT2D eigenvalue weighted by Gasteiger charge is 2.10. The Morgan fingerprint density at radius 1 is 1.30 bits per heavy atom. The van der Waals surface area contributed by atoms with E-state index in [1.165, 1.54) is 6.08 Å². The van der Waals surface area contributed by atoms with Gasteiger partial charge in [-0.3, -0.25) is 9.78 Å². The summed E-state index contributed by atoms with van der Waals surface area (Å²) in [7, 11) is 0. The molecule has 0 fully saturated rings. The van der Waals surface area contributed by atoms with Crippen molar-refractivity contribution in [2.75, 3.05) is 13.2 Å². The quantitative estimate of drug-likeness (QED) is 0.602. The number of nitrogens with one attached hydrogen (secondary N) is 1. The van der Waals surface area contributed by atoms with E-state index >= 15 is 0 Å². The van der Waals surface area contributed by atoms with Gasteiger partial charge in [-0.15, -0.1) is 0 Å². The lowest BCUT2D eigenvalue weighted by Gasteiger charge is -2.13. The summed E-state index contributed by atoms with van der Waals surface area (Å²) in [6.45, 7) is 0.372. The van der Waals surface area contributed by atoms with Crippen LogP contribution in [0, 0.1) is 5.92 Å². The number of pyridine rings is 2. The SMILES string of the molecule is O=C(/C=C/c1ccc(Cl)nc1)NCC(CO)Cc1ccccn1. The highest BCUT2D eigenvalue weighted by molar-refractivity contribution is 6.29. The molecule has 1 unspecified atom stereocenters. The number of aromatic nitrogens is 2. The molecule has 5 nitrogen and oxygen atoms in total. The zero-order valence-electron chi connectivity index (χ0n) is 12.5. The van der Waals surface area contributed by atoms with Gasteiger partial charge in [0.2, 0.25) is 5.91 Å².